The zero-order valence-electron chi connectivity index (χ0n) is 13.9. The molecule has 132 valence electrons. The second-order valence-corrected chi connectivity index (χ2v) is 5.33. The largest absolute Gasteiger partial charge is 0.482 e. The molecular weight excluding hydrogens is 324 g/mol. The van der Waals surface area contributed by atoms with Gasteiger partial charge in [-0.25, -0.2) is 4.79 Å². The van der Waals surface area contributed by atoms with E-state index in [9.17, 15) is 14.9 Å². The van der Waals surface area contributed by atoms with Crippen molar-refractivity contribution in [1.82, 2.24) is 0 Å². The molecule has 0 saturated carbocycles. The fourth-order valence-corrected chi connectivity index (χ4v) is 2.06. The first kappa shape index (κ1) is 18.3. The molecule has 0 fully saturated rings. The molecule has 7 heteroatoms. The van der Waals surface area contributed by atoms with Crippen LogP contribution in [-0.4, -0.2) is 17.6 Å². The number of hydrogen-bond acceptors (Lipinski definition) is 5. The second-order valence-electron chi connectivity index (χ2n) is 5.33. The normalized spacial score (nSPS) is 10.1. The minimum atomic E-state index is -0.601. The molecule has 1 N–H and O–H groups in total. The van der Waals surface area contributed by atoms with Crippen molar-refractivity contribution in [3.05, 3.63) is 64.2 Å². The second kappa shape index (κ2) is 9.27. The maximum atomic E-state index is 11.7. The van der Waals surface area contributed by atoms with Gasteiger partial charge in [-0.3, -0.25) is 15.4 Å². The number of rotatable bonds is 8. The van der Waals surface area contributed by atoms with Crippen LogP contribution in [0.3, 0.4) is 0 Å². The molecule has 0 bridgehead atoms. The lowest BCUT2D eigenvalue weighted by Crippen LogP contribution is -2.14. The summed E-state index contributed by atoms with van der Waals surface area (Å²) in [6, 6.07) is 13.5. The van der Waals surface area contributed by atoms with Crippen molar-refractivity contribution in [2.45, 2.75) is 26.4 Å². The van der Waals surface area contributed by atoms with Gasteiger partial charge in [-0.2, -0.15) is 0 Å². The van der Waals surface area contributed by atoms with E-state index in [2.05, 4.69) is 5.32 Å². The predicted molar refractivity (Wildman–Crippen MR) is 93.7 cm³/mol. The maximum absolute atomic E-state index is 11.7. The molecule has 0 atom stereocenters. The van der Waals surface area contributed by atoms with Crippen LogP contribution in [0.5, 0.6) is 5.75 Å². The molecule has 25 heavy (non-hydrogen) atoms. The average Bonchev–Trinajstić information content (AvgIpc) is 2.61. The van der Waals surface area contributed by atoms with E-state index >= 15 is 0 Å². The first-order valence-electron chi connectivity index (χ1n) is 7.99. The molecule has 0 aromatic heterocycles. The van der Waals surface area contributed by atoms with Gasteiger partial charge in [0, 0.05) is 17.8 Å². The van der Waals surface area contributed by atoms with E-state index < -0.39 is 11.0 Å². The summed E-state index contributed by atoms with van der Waals surface area (Å²) >= 11 is 0. The summed E-state index contributed by atoms with van der Waals surface area (Å²) in [5.74, 6) is 0.0835. The predicted octanol–water partition coefficient (Wildman–Crippen LogP) is 4.52. The number of carbonyl (C=O) groups excluding carboxylic acids is 1. The van der Waals surface area contributed by atoms with Crippen LogP contribution in [0.25, 0.3) is 0 Å². The van der Waals surface area contributed by atoms with Crippen LogP contribution < -0.4 is 10.1 Å². The maximum Gasteiger partial charge on any atom is 0.411 e. The number of carbonyl (C=O) groups is 1. The number of nitro benzene ring substituents is 1. The van der Waals surface area contributed by atoms with Gasteiger partial charge in [-0.1, -0.05) is 43.7 Å². The van der Waals surface area contributed by atoms with Crippen LogP contribution in [-0.2, 0) is 11.3 Å². The van der Waals surface area contributed by atoms with Crippen molar-refractivity contribution in [3.8, 4) is 5.75 Å². The average molecular weight is 344 g/mol. The number of ether oxygens (including phenoxy) is 2. The van der Waals surface area contributed by atoms with E-state index in [0.29, 0.717) is 12.3 Å². The Kier molecular flexibility index (Phi) is 6.76. The van der Waals surface area contributed by atoms with Crippen LogP contribution in [0, 0.1) is 10.1 Å². The minimum absolute atomic E-state index is 0.0835. The van der Waals surface area contributed by atoms with Gasteiger partial charge < -0.3 is 9.47 Å². The fourth-order valence-electron chi connectivity index (χ4n) is 2.06. The van der Waals surface area contributed by atoms with E-state index in [1.165, 1.54) is 18.2 Å². The highest BCUT2D eigenvalue weighted by Gasteiger charge is 2.17. The molecule has 1 amide bonds. The fraction of sp³-hybridized carbons (Fsp3) is 0.278. The highest BCUT2D eigenvalue weighted by Crippen LogP contribution is 2.30. The van der Waals surface area contributed by atoms with Crippen molar-refractivity contribution in [1.29, 1.82) is 0 Å². The molecule has 0 aliphatic carbocycles. The monoisotopic (exact) mass is 344 g/mol. The van der Waals surface area contributed by atoms with Crippen molar-refractivity contribution >= 4 is 17.5 Å². The smallest absolute Gasteiger partial charge is 0.411 e. The lowest BCUT2D eigenvalue weighted by molar-refractivity contribution is -0.385. The molecule has 0 spiro atoms. The van der Waals surface area contributed by atoms with Gasteiger partial charge in [-0.15, -0.1) is 0 Å². The Morgan fingerprint density at radius 2 is 1.96 bits per heavy atom. The molecule has 0 saturated heterocycles. The van der Waals surface area contributed by atoms with Crippen LogP contribution in [0.1, 0.15) is 25.3 Å². The first-order chi connectivity index (χ1) is 12.1. The first-order valence-corrected chi connectivity index (χ1v) is 7.99. The molecule has 2 aromatic carbocycles. The number of benzene rings is 2. The van der Waals surface area contributed by atoms with E-state index in [0.717, 1.165) is 18.4 Å². The number of amides is 1. The van der Waals surface area contributed by atoms with Gasteiger partial charge in [0.1, 0.15) is 6.61 Å². The molecule has 2 rings (SSSR count). The van der Waals surface area contributed by atoms with Gasteiger partial charge in [-0.05, 0) is 18.1 Å². The van der Waals surface area contributed by atoms with Gasteiger partial charge in [0.2, 0.25) is 0 Å². The van der Waals surface area contributed by atoms with Crippen molar-refractivity contribution in [2.24, 2.45) is 0 Å². The number of nitro groups is 1. The van der Waals surface area contributed by atoms with Crippen LogP contribution in [0.4, 0.5) is 16.2 Å². The Hall–Kier alpha value is -3.09. The van der Waals surface area contributed by atoms with Crippen molar-refractivity contribution < 1.29 is 19.2 Å². The van der Waals surface area contributed by atoms with Crippen molar-refractivity contribution in [2.75, 3.05) is 11.9 Å². The summed E-state index contributed by atoms with van der Waals surface area (Å²) in [5.41, 5.74) is 1.09. The quantitative estimate of drug-likeness (QED) is 0.432. The van der Waals surface area contributed by atoms with Crippen molar-refractivity contribution in [3.63, 3.8) is 0 Å². The molecule has 0 aliphatic heterocycles. The number of nitrogens with one attached hydrogen (secondary N) is 1. The molecular formula is C18H20N2O5. The van der Waals surface area contributed by atoms with Crippen LogP contribution in [0.15, 0.2) is 48.5 Å². The number of hydrogen-bond donors (Lipinski definition) is 1. The number of unbranched alkanes of at least 4 members (excludes halogenated alkanes) is 1. The minimum Gasteiger partial charge on any atom is -0.482 e. The van der Waals surface area contributed by atoms with Gasteiger partial charge in [0.25, 0.3) is 0 Å². The summed E-state index contributed by atoms with van der Waals surface area (Å²) in [5, 5.41) is 13.7. The van der Waals surface area contributed by atoms with Gasteiger partial charge in [0.15, 0.2) is 5.75 Å². The molecule has 0 aliphatic rings. The van der Waals surface area contributed by atoms with Gasteiger partial charge >= 0.3 is 11.8 Å². The summed E-state index contributed by atoms with van der Waals surface area (Å²) < 4.78 is 10.6. The van der Waals surface area contributed by atoms with E-state index in [-0.39, 0.29) is 18.0 Å². The summed E-state index contributed by atoms with van der Waals surface area (Å²) in [6.45, 7) is 2.51. The van der Waals surface area contributed by atoms with Crippen LogP contribution >= 0.6 is 0 Å². The van der Waals surface area contributed by atoms with Gasteiger partial charge in [0.05, 0.1) is 11.5 Å². The molecule has 7 nitrogen and oxygen atoms in total. The SMILES string of the molecule is CCCCOC(=O)Nc1ccc([N+](=O)[O-])c(OCc2ccccc2)c1. The molecule has 0 radical (unpaired) electrons. The Labute approximate surface area is 145 Å². The third kappa shape index (κ3) is 5.80. The zero-order valence-corrected chi connectivity index (χ0v) is 13.9. The molecule has 0 unspecified atom stereocenters. The Morgan fingerprint density at radius 1 is 1.20 bits per heavy atom. The summed E-state index contributed by atoms with van der Waals surface area (Å²) in [4.78, 5) is 22.3. The third-order valence-electron chi connectivity index (χ3n) is 3.37. The number of nitrogens with zero attached hydrogens (tertiary/aromatic N) is 1. The summed E-state index contributed by atoms with van der Waals surface area (Å²) in [6.07, 6.45) is 1.10. The lowest BCUT2D eigenvalue weighted by atomic mass is 10.2. The standard InChI is InChI=1S/C18H20N2O5/c1-2-3-11-24-18(21)19-15-9-10-16(20(22)23)17(12-15)25-13-14-7-5-4-6-8-14/h4-10,12H,2-3,11,13H2,1H3,(H,19,21). The Bertz CT molecular complexity index is 719. The molecule has 0 heterocycles. The van der Waals surface area contributed by atoms with E-state index in [1.807, 2.05) is 37.3 Å². The number of anilines is 1. The Balaban J connectivity index is 2.07. The van der Waals surface area contributed by atoms with E-state index in [4.69, 9.17) is 9.47 Å². The highest BCUT2D eigenvalue weighted by molar-refractivity contribution is 5.85. The van der Waals surface area contributed by atoms with E-state index in [1.54, 1.807) is 0 Å². The third-order valence-corrected chi connectivity index (χ3v) is 3.37. The molecule has 2 aromatic rings. The lowest BCUT2D eigenvalue weighted by Gasteiger charge is -2.10. The summed E-state index contributed by atoms with van der Waals surface area (Å²) in [7, 11) is 0. The zero-order chi connectivity index (χ0) is 18.1. The highest BCUT2D eigenvalue weighted by atomic mass is 16.6. The Morgan fingerprint density at radius 3 is 2.64 bits per heavy atom. The van der Waals surface area contributed by atoms with Crippen LogP contribution in [0.2, 0.25) is 0 Å². The topological polar surface area (TPSA) is 90.7 Å².